The zero-order valence-corrected chi connectivity index (χ0v) is 20.1. The summed E-state index contributed by atoms with van der Waals surface area (Å²) < 4.78 is 8.39. The number of aliphatic hydroxyl groups excluding tert-OH is 1. The number of benzene rings is 3. The molecule has 1 aromatic heterocycles. The number of carbonyl (C=O) groups is 1. The number of aryl methyl sites for hydroxylation is 1. The van der Waals surface area contributed by atoms with Crippen molar-refractivity contribution in [2.24, 2.45) is 5.92 Å². The van der Waals surface area contributed by atoms with Crippen LogP contribution in [0.2, 0.25) is 0 Å². The van der Waals surface area contributed by atoms with Gasteiger partial charge in [0.05, 0.1) is 18.0 Å². The first-order chi connectivity index (χ1) is 17.6. The van der Waals surface area contributed by atoms with E-state index in [9.17, 15) is 9.90 Å². The molecule has 0 saturated carbocycles. The predicted molar refractivity (Wildman–Crippen MR) is 136 cm³/mol. The molecule has 1 N–H and O–H groups in total. The fraction of sp³-hybridized carbons (Fsp3) is 0.276. The third-order valence-corrected chi connectivity index (χ3v) is 7.38. The molecule has 1 spiro atoms. The maximum Gasteiger partial charge on any atom is 0.268 e. The molecule has 0 bridgehead atoms. The average Bonchev–Trinajstić information content (AvgIpc) is 3.59. The van der Waals surface area contributed by atoms with E-state index in [2.05, 4.69) is 17.2 Å². The summed E-state index contributed by atoms with van der Waals surface area (Å²) in [6.07, 6.45) is 2.33. The number of rotatable bonds is 6. The van der Waals surface area contributed by atoms with Crippen molar-refractivity contribution in [3.05, 3.63) is 108 Å². The molecule has 1 saturated heterocycles. The van der Waals surface area contributed by atoms with Crippen molar-refractivity contribution in [3.63, 3.8) is 0 Å². The predicted octanol–water partition coefficient (Wildman–Crippen LogP) is 4.75. The van der Waals surface area contributed by atoms with Crippen LogP contribution >= 0.6 is 0 Å². The lowest BCUT2D eigenvalue weighted by molar-refractivity contribution is -0.145. The molecule has 7 heteroatoms. The second-order valence-electron chi connectivity index (χ2n) is 9.61. The summed E-state index contributed by atoms with van der Waals surface area (Å²) in [6, 6.07) is 27.1. The number of amides is 1. The molecule has 3 heterocycles. The number of hydrogen-bond donors (Lipinski definition) is 1. The second kappa shape index (κ2) is 9.00. The number of para-hydroxylation sites is 2. The SMILES string of the molecule is C[C@@H]1C[C@H](CCn2cc([C@H](O)c3ccccc3)nn2)O[C@@]12C(=O)N(c1ccccc1)c1ccccc12. The normalized spacial score (nSPS) is 23.8. The third-order valence-electron chi connectivity index (χ3n) is 7.38. The fourth-order valence-corrected chi connectivity index (χ4v) is 5.59. The maximum absolute atomic E-state index is 14.0. The van der Waals surface area contributed by atoms with Crippen molar-refractivity contribution in [2.45, 2.75) is 44.1 Å². The van der Waals surface area contributed by atoms with Gasteiger partial charge in [0.15, 0.2) is 5.60 Å². The highest BCUT2D eigenvalue weighted by Crippen LogP contribution is 2.55. The molecule has 4 atom stereocenters. The Kier molecular flexibility index (Phi) is 5.66. The topological polar surface area (TPSA) is 80.5 Å². The van der Waals surface area contributed by atoms with E-state index in [0.717, 1.165) is 28.9 Å². The zero-order valence-electron chi connectivity index (χ0n) is 20.1. The molecular formula is C29H28N4O3. The van der Waals surface area contributed by atoms with Crippen LogP contribution < -0.4 is 4.90 Å². The zero-order chi connectivity index (χ0) is 24.7. The largest absolute Gasteiger partial charge is 0.382 e. The van der Waals surface area contributed by atoms with Crippen molar-refractivity contribution >= 4 is 17.3 Å². The molecule has 2 aliphatic heterocycles. The van der Waals surface area contributed by atoms with Crippen LogP contribution in [-0.2, 0) is 21.7 Å². The minimum absolute atomic E-state index is 0.0241. The summed E-state index contributed by atoms with van der Waals surface area (Å²) in [5.74, 6) is -0.00463. The lowest BCUT2D eigenvalue weighted by Gasteiger charge is -2.28. The number of fused-ring (bicyclic) bond motifs is 2. The first-order valence-corrected chi connectivity index (χ1v) is 12.4. The lowest BCUT2D eigenvalue weighted by Crippen LogP contribution is -2.42. The molecule has 1 amide bonds. The molecule has 36 heavy (non-hydrogen) atoms. The minimum Gasteiger partial charge on any atom is -0.382 e. The maximum atomic E-state index is 14.0. The Bertz CT molecular complexity index is 1370. The fourth-order valence-electron chi connectivity index (χ4n) is 5.59. The quantitative estimate of drug-likeness (QED) is 0.431. The van der Waals surface area contributed by atoms with Crippen molar-refractivity contribution in [3.8, 4) is 0 Å². The Hall–Kier alpha value is -3.81. The lowest BCUT2D eigenvalue weighted by atomic mass is 9.83. The minimum atomic E-state index is -0.992. The van der Waals surface area contributed by atoms with Gasteiger partial charge in [0.25, 0.3) is 5.91 Å². The molecule has 0 aliphatic carbocycles. The van der Waals surface area contributed by atoms with Gasteiger partial charge in [-0.3, -0.25) is 14.4 Å². The van der Waals surface area contributed by atoms with Gasteiger partial charge >= 0.3 is 0 Å². The van der Waals surface area contributed by atoms with E-state index in [4.69, 9.17) is 4.74 Å². The van der Waals surface area contributed by atoms with Crippen LogP contribution in [0.15, 0.2) is 91.1 Å². The molecule has 6 rings (SSSR count). The summed E-state index contributed by atoms with van der Waals surface area (Å²) in [5.41, 5.74) is 2.96. The number of anilines is 2. The van der Waals surface area contributed by atoms with Gasteiger partial charge in [-0.2, -0.15) is 0 Å². The van der Waals surface area contributed by atoms with Gasteiger partial charge in [-0.1, -0.05) is 78.9 Å². The van der Waals surface area contributed by atoms with Crippen LogP contribution in [0.5, 0.6) is 0 Å². The van der Waals surface area contributed by atoms with Crippen molar-refractivity contribution in [2.75, 3.05) is 4.90 Å². The highest BCUT2D eigenvalue weighted by atomic mass is 16.5. The summed E-state index contributed by atoms with van der Waals surface area (Å²) in [7, 11) is 0. The Morgan fingerprint density at radius 3 is 2.50 bits per heavy atom. The molecule has 7 nitrogen and oxygen atoms in total. The van der Waals surface area contributed by atoms with Gasteiger partial charge in [-0.15, -0.1) is 5.10 Å². The smallest absolute Gasteiger partial charge is 0.268 e. The molecular weight excluding hydrogens is 452 g/mol. The van der Waals surface area contributed by atoms with Gasteiger partial charge in [-0.05, 0) is 36.6 Å². The first kappa shape index (κ1) is 22.6. The van der Waals surface area contributed by atoms with Gasteiger partial charge in [0, 0.05) is 23.7 Å². The van der Waals surface area contributed by atoms with Crippen LogP contribution in [0.1, 0.15) is 42.7 Å². The van der Waals surface area contributed by atoms with Gasteiger partial charge in [-0.25, -0.2) is 0 Å². The number of aromatic nitrogens is 3. The van der Waals surface area contributed by atoms with Crippen LogP contribution in [-0.4, -0.2) is 32.1 Å². The van der Waals surface area contributed by atoms with Gasteiger partial charge in [0.1, 0.15) is 11.8 Å². The van der Waals surface area contributed by atoms with E-state index in [-0.39, 0.29) is 17.9 Å². The molecule has 1 fully saturated rings. The standard InChI is InChI=1S/C29H28N4O3/c1-20-18-23(16-17-32-19-25(30-31-32)27(34)21-10-4-2-5-11-21)36-29(20)24-14-8-9-15-26(24)33(28(29)35)22-12-6-3-7-13-22/h2-15,19-20,23,27,34H,16-18H2,1H3/t20-,23+,27-,29+/m1/s1. The van der Waals surface area contributed by atoms with E-state index >= 15 is 0 Å². The molecule has 4 aromatic rings. The Balaban J connectivity index is 1.20. The molecule has 3 aromatic carbocycles. The van der Waals surface area contributed by atoms with Gasteiger partial charge < -0.3 is 9.84 Å². The summed E-state index contributed by atoms with van der Waals surface area (Å²) in [5, 5.41) is 19.0. The number of carbonyl (C=O) groups excluding carboxylic acids is 1. The summed E-state index contributed by atoms with van der Waals surface area (Å²) in [6.45, 7) is 2.69. The van der Waals surface area contributed by atoms with E-state index < -0.39 is 11.7 Å². The number of ether oxygens (including phenoxy) is 1. The highest BCUT2D eigenvalue weighted by Gasteiger charge is 2.60. The molecule has 0 unspecified atom stereocenters. The first-order valence-electron chi connectivity index (χ1n) is 12.4. The van der Waals surface area contributed by atoms with Crippen LogP contribution in [0, 0.1) is 5.92 Å². The van der Waals surface area contributed by atoms with E-state index in [1.165, 1.54) is 0 Å². The second-order valence-corrected chi connectivity index (χ2v) is 9.61. The monoisotopic (exact) mass is 480 g/mol. The summed E-state index contributed by atoms with van der Waals surface area (Å²) >= 11 is 0. The van der Waals surface area contributed by atoms with E-state index in [0.29, 0.717) is 18.7 Å². The van der Waals surface area contributed by atoms with Crippen LogP contribution in [0.4, 0.5) is 11.4 Å². The van der Waals surface area contributed by atoms with Crippen molar-refractivity contribution in [1.29, 1.82) is 0 Å². The molecule has 0 radical (unpaired) electrons. The number of aliphatic hydroxyl groups is 1. The van der Waals surface area contributed by atoms with Gasteiger partial charge in [0.2, 0.25) is 0 Å². The van der Waals surface area contributed by atoms with E-state index in [1.54, 1.807) is 15.8 Å². The Morgan fingerprint density at radius 2 is 1.72 bits per heavy atom. The number of hydrogen-bond acceptors (Lipinski definition) is 5. The molecule has 182 valence electrons. The molecule has 2 aliphatic rings. The Morgan fingerprint density at radius 1 is 1.03 bits per heavy atom. The van der Waals surface area contributed by atoms with Crippen LogP contribution in [0.3, 0.4) is 0 Å². The van der Waals surface area contributed by atoms with Crippen molar-refractivity contribution in [1.82, 2.24) is 15.0 Å². The average molecular weight is 481 g/mol. The third kappa shape index (κ3) is 3.63. The summed E-state index contributed by atoms with van der Waals surface area (Å²) in [4.78, 5) is 15.8. The van der Waals surface area contributed by atoms with E-state index in [1.807, 2.05) is 84.9 Å². The highest BCUT2D eigenvalue weighted by molar-refractivity contribution is 6.12. The number of nitrogens with zero attached hydrogens (tertiary/aromatic N) is 4. The Labute approximate surface area is 209 Å². The van der Waals surface area contributed by atoms with Crippen LogP contribution in [0.25, 0.3) is 0 Å². The van der Waals surface area contributed by atoms with Crippen molar-refractivity contribution < 1.29 is 14.6 Å².